The fraction of sp³-hybridized carbons (Fsp3) is 0.353. The standard InChI is InChI=1S/C17H22N2O2/c1-12-4-6-16(20-2)14(8-12)10-15(18)9-13-5-7-17(21-3)19-11-13/h4-8,11,15H,9-10,18H2,1-3H3. The third-order valence-electron chi connectivity index (χ3n) is 3.42. The predicted octanol–water partition coefficient (Wildman–Crippen LogP) is 2.52. The van der Waals surface area contributed by atoms with Gasteiger partial charge in [0.05, 0.1) is 14.2 Å². The zero-order valence-electron chi connectivity index (χ0n) is 12.8. The summed E-state index contributed by atoms with van der Waals surface area (Å²) in [5.74, 6) is 1.51. The average molecular weight is 286 g/mol. The van der Waals surface area contributed by atoms with Gasteiger partial charge in [0.2, 0.25) is 5.88 Å². The number of ether oxygens (including phenoxy) is 2. The van der Waals surface area contributed by atoms with E-state index in [2.05, 4.69) is 18.0 Å². The first kappa shape index (κ1) is 15.3. The molecule has 0 aliphatic rings. The average Bonchev–Trinajstić information content (AvgIpc) is 2.48. The molecule has 1 aromatic carbocycles. The molecular weight excluding hydrogens is 264 g/mol. The molecule has 2 aromatic rings. The van der Waals surface area contributed by atoms with Gasteiger partial charge >= 0.3 is 0 Å². The zero-order valence-corrected chi connectivity index (χ0v) is 12.8. The molecule has 0 fully saturated rings. The van der Waals surface area contributed by atoms with E-state index >= 15 is 0 Å². The Kier molecular flexibility index (Phi) is 5.17. The summed E-state index contributed by atoms with van der Waals surface area (Å²) in [6.07, 6.45) is 3.36. The van der Waals surface area contributed by atoms with Gasteiger partial charge < -0.3 is 15.2 Å². The first-order chi connectivity index (χ1) is 10.1. The zero-order chi connectivity index (χ0) is 15.2. The summed E-state index contributed by atoms with van der Waals surface area (Å²) in [5.41, 5.74) is 9.73. The lowest BCUT2D eigenvalue weighted by atomic mass is 9.99. The van der Waals surface area contributed by atoms with Gasteiger partial charge in [0, 0.05) is 18.3 Å². The summed E-state index contributed by atoms with van der Waals surface area (Å²) >= 11 is 0. The fourth-order valence-electron chi connectivity index (χ4n) is 2.38. The molecule has 2 rings (SSSR count). The first-order valence-electron chi connectivity index (χ1n) is 7.00. The summed E-state index contributed by atoms with van der Waals surface area (Å²) < 4.78 is 10.5. The SMILES string of the molecule is COc1ccc(CC(N)Cc2cc(C)ccc2OC)cn1. The molecule has 0 spiro atoms. The lowest BCUT2D eigenvalue weighted by Crippen LogP contribution is -2.25. The molecule has 112 valence electrons. The van der Waals surface area contributed by atoms with E-state index in [-0.39, 0.29) is 6.04 Å². The van der Waals surface area contributed by atoms with Crippen LogP contribution in [0.3, 0.4) is 0 Å². The molecule has 0 radical (unpaired) electrons. The molecule has 2 N–H and O–H groups in total. The van der Waals surface area contributed by atoms with Gasteiger partial charge in [-0.3, -0.25) is 0 Å². The van der Waals surface area contributed by atoms with Crippen LogP contribution in [0.4, 0.5) is 0 Å². The van der Waals surface area contributed by atoms with Crippen molar-refractivity contribution in [1.29, 1.82) is 0 Å². The summed E-state index contributed by atoms with van der Waals surface area (Å²) in [6.45, 7) is 2.07. The van der Waals surface area contributed by atoms with E-state index in [0.717, 1.165) is 29.7 Å². The van der Waals surface area contributed by atoms with Crippen molar-refractivity contribution in [2.75, 3.05) is 14.2 Å². The molecule has 0 amide bonds. The van der Waals surface area contributed by atoms with Crippen molar-refractivity contribution >= 4 is 0 Å². The molecule has 1 heterocycles. The Balaban J connectivity index is 2.03. The Bertz CT molecular complexity index is 582. The minimum Gasteiger partial charge on any atom is -0.496 e. The fourth-order valence-corrected chi connectivity index (χ4v) is 2.38. The van der Waals surface area contributed by atoms with Crippen molar-refractivity contribution in [1.82, 2.24) is 4.98 Å². The van der Waals surface area contributed by atoms with Gasteiger partial charge in [-0.15, -0.1) is 0 Å². The molecule has 0 aliphatic carbocycles. The molecule has 4 heteroatoms. The molecule has 0 saturated carbocycles. The molecule has 0 aliphatic heterocycles. The first-order valence-corrected chi connectivity index (χ1v) is 7.00. The van der Waals surface area contributed by atoms with Crippen molar-refractivity contribution in [3.05, 3.63) is 53.2 Å². The van der Waals surface area contributed by atoms with Crippen molar-refractivity contribution in [3.63, 3.8) is 0 Å². The maximum Gasteiger partial charge on any atom is 0.212 e. The van der Waals surface area contributed by atoms with Crippen LogP contribution >= 0.6 is 0 Å². The highest BCUT2D eigenvalue weighted by Gasteiger charge is 2.10. The third kappa shape index (κ3) is 4.20. The van der Waals surface area contributed by atoms with Gasteiger partial charge in [-0.25, -0.2) is 4.98 Å². The van der Waals surface area contributed by atoms with E-state index in [9.17, 15) is 0 Å². The van der Waals surface area contributed by atoms with Crippen LogP contribution in [0.2, 0.25) is 0 Å². The summed E-state index contributed by atoms with van der Waals surface area (Å²) in [7, 11) is 3.30. The molecule has 21 heavy (non-hydrogen) atoms. The monoisotopic (exact) mass is 286 g/mol. The smallest absolute Gasteiger partial charge is 0.212 e. The normalized spacial score (nSPS) is 12.0. The van der Waals surface area contributed by atoms with Crippen LogP contribution in [0.1, 0.15) is 16.7 Å². The Morgan fingerprint density at radius 1 is 1.10 bits per heavy atom. The van der Waals surface area contributed by atoms with Crippen molar-refractivity contribution in [3.8, 4) is 11.6 Å². The Morgan fingerprint density at radius 2 is 1.90 bits per heavy atom. The van der Waals surface area contributed by atoms with Gasteiger partial charge in [-0.1, -0.05) is 23.8 Å². The van der Waals surface area contributed by atoms with Crippen LogP contribution in [0.15, 0.2) is 36.5 Å². The third-order valence-corrected chi connectivity index (χ3v) is 3.42. The topological polar surface area (TPSA) is 57.4 Å². The number of aryl methyl sites for hydroxylation is 1. The Morgan fingerprint density at radius 3 is 2.52 bits per heavy atom. The number of rotatable bonds is 6. The number of hydrogen-bond acceptors (Lipinski definition) is 4. The molecular formula is C17H22N2O2. The maximum absolute atomic E-state index is 6.27. The van der Waals surface area contributed by atoms with E-state index < -0.39 is 0 Å². The second kappa shape index (κ2) is 7.09. The van der Waals surface area contributed by atoms with Gasteiger partial charge in [0.1, 0.15) is 5.75 Å². The second-order valence-corrected chi connectivity index (χ2v) is 5.19. The largest absolute Gasteiger partial charge is 0.496 e. The molecule has 1 aromatic heterocycles. The predicted molar refractivity (Wildman–Crippen MR) is 83.9 cm³/mol. The number of pyridine rings is 1. The van der Waals surface area contributed by atoms with E-state index in [1.165, 1.54) is 5.56 Å². The van der Waals surface area contributed by atoms with Crippen LogP contribution in [-0.4, -0.2) is 25.2 Å². The quantitative estimate of drug-likeness (QED) is 0.886. The number of hydrogen-bond donors (Lipinski definition) is 1. The Hall–Kier alpha value is -2.07. The van der Waals surface area contributed by atoms with Crippen LogP contribution in [-0.2, 0) is 12.8 Å². The van der Waals surface area contributed by atoms with E-state index in [1.54, 1.807) is 14.2 Å². The van der Waals surface area contributed by atoms with Gasteiger partial charge in [-0.05, 0) is 37.0 Å². The number of benzene rings is 1. The van der Waals surface area contributed by atoms with Crippen LogP contribution in [0, 0.1) is 6.92 Å². The summed E-state index contributed by atoms with van der Waals surface area (Å²) in [5, 5.41) is 0. The molecule has 4 nitrogen and oxygen atoms in total. The van der Waals surface area contributed by atoms with Crippen molar-refractivity contribution < 1.29 is 9.47 Å². The van der Waals surface area contributed by atoms with Crippen molar-refractivity contribution in [2.24, 2.45) is 5.73 Å². The molecule has 1 atom stereocenters. The lowest BCUT2D eigenvalue weighted by molar-refractivity contribution is 0.397. The van der Waals surface area contributed by atoms with Gasteiger partial charge in [0.25, 0.3) is 0 Å². The minimum absolute atomic E-state index is 0.0240. The van der Waals surface area contributed by atoms with E-state index in [1.807, 2.05) is 30.5 Å². The highest BCUT2D eigenvalue weighted by molar-refractivity contribution is 5.37. The number of methoxy groups -OCH3 is 2. The summed E-state index contributed by atoms with van der Waals surface area (Å²) in [6, 6.07) is 10.0. The number of nitrogens with zero attached hydrogens (tertiary/aromatic N) is 1. The van der Waals surface area contributed by atoms with Gasteiger partial charge in [-0.2, -0.15) is 0 Å². The molecule has 1 unspecified atom stereocenters. The van der Waals surface area contributed by atoms with E-state index in [4.69, 9.17) is 15.2 Å². The second-order valence-electron chi connectivity index (χ2n) is 5.19. The van der Waals surface area contributed by atoms with E-state index in [0.29, 0.717) is 5.88 Å². The minimum atomic E-state index is 0.0240. The van der Waals surface area contributed by atoms with Crippen LogP contribution in [0.25, 0.3) is 0 Å². The van der Waals surface area contributed by atoms with Crippen molar-refractivity contribution in [2.45, 2.75) is 25.8 Å². The Labute approximate surface area is 125 Å². The summed E-state index contributed by atoms with van der Waals surface area (Å²) in [4.78, 5) is 4.20. The highest BCUT2D eigenvalue weighted by atomic mass is 16.5. The number of nitrogens with two attached hydrogens (primary N) is 1. The lowest BCUT2D eigenvalue weighted by Gasteiger charge is -2.15. The highest BCUT2D eigenvalue weighted by Crippen LogP contribution is 2.21. The van der Waals surface area contributed by atoms with Crippen LogP contribution < -0.4 is 15.2 Å². The van der Waals surface area contributed by atoms with Crippen LogP contribution in [0.5, 0.6) is 11.6 Å². The molecule has 0 bridgehead atoms. The maximum atomic E-state index is 6.27. The number of aromatic nitrogens is 1. The molecule has 0 saturated heterocycles. The van der Waals surface area contributed by atoms with Gasteiger partial charge in [0.15, 0.2) is 0 Å².